The first-order valence-electron chi connectivity index (χ1n) is 3.73. The number of carbonyl (C=O) groups excluding carboxylic acids is 1. The molecular formula is C8H10O3. The van der Waals surface area contributed by atoms with Crippen LogP contribution in [-0.2, 0) is 14.3 Å². The van der Waals surface area contributed by atoms with E-state index in [2.05, 4.69) is 0 Å². The molecule has 2 rings (SSSR count). The summed E-state index contributed by atoms with van der Waals surface area (Å²) in [7, 11) is 1.56. The van der Waals surface area contributed by atoms with Gasteiger partial charge in [0.15, 0.2) is 0 Å². The quantitative estimate of drug-likeness (QED) is 0.412. The Kier molecular flexibility index (Phi) is 1.46. The zero-order chi connectivity index (χ0) is 7.84. The van der Waals surface area contributed by atoms with Crippen LogP contribution in [0.25, 0.3) is 0 Å². The fourth-order valence-electron chi connectivity index (χ4n) is 1.69. The zero-order valence-electron chi connectivity index (χ0n) is 6.32. The van der Waals surface area contributed by atoms with Crippen LogP contribution in [0, 0.1) is 11.8 Å². The van der Waals surface area contributed by atoms with E-state index in [-0.39, 0.29) is 24.1 Å². The molecule has 11 heavy (non-hydrogen) atoms. The summed E-state index contributed by atoms with van der Waals surface area (Å²) >= 11 is 0. The van der Waals surface area contributed by atoms with Crippen molar-refractivity contribution in [1.82, 2.24) is 0 Å². The summed E-state index contributed by atoms with van der Waals surface area (Å²) in [6.45, 7) is 0. The number of carbonyl (C=O) groups is 1. The molecule has 1 saturated heterocycles. The van der Waals surface area contributed by atoms with Crippen molar-refractivity contribution in [3.63, 3.8) is 0 Å². The Morgan fingerprint density at radius 3 is 3.27 bits per heavy atom. The number of hydrogen-bond acceptors (Lipinski definition) is 3. The second-order valence-electron chi connectivity index (χ2n) is 2.89. The molecule has 0 aromatic heterocycles. The molecule has 1 aliphatic heterocycles. The lowest BCUT2D eigenvalue weighted by atomic mass is 9.98. The van der Waals surface area contributed by atoms with Crippen molar-refractivity contribution in [3.05, 3.63) is 12.2 Å². The monoisotopic (exact) mass is 154 g/mol. The lowest BCUT2D eigenvalue weighted by molar-refractivity contribution is -0.161. The summed E-state index contributed by atoms with van der Waals surface area (Å²) in [4.78, 5) is 11.1. The van der Waals surface area contributed by atoms with Gasteiger partial charge in [-0.2, -0.15) is 0 Å². The van der Waals surface area contributed by atoms with Gasteiger partial charge in [0.1, 0.15) is 0 Å². The average molecular weight is 154 g/mol. The Labute approximate surface area is 65.0 Å². The van der Waals surface area contributed by atoms with Gasteiger partial charge in [0, 0.05) is 7.11 Å². The first-order chi connectivity index (χ1) is 5.33. The number of allylic oxidation sites excluding steroid dienone is 1. The minimum Gasteiger partial charge on any atom is -0.435 e. The minimum atomic E-state index is -0.341. The highest BCUT2D eigenvalue weighted by atomic mass is 16.7. The molecule has 1 aliphatic carbocycles. The third-order valence-electron chi connectivity index (χ3n) is 2.29. The maximum absolute atomic E-state index is 11.1. The predicted octanol–water partition coefficient (Wildman–Crippen LogP) is 0.708. The fraction of sp³-hybridized carbons (Fsp3) is 0.625. The van der Waals surface area contributed by atoms with Crippen LogP contribution in [0.5, 0.6) is 0 Å². The standard InChI is InChI=1S/C8H10O3/c1-10-8-6-4-2-3-5(6)7(9)11-8/h2,4-6,8H,3H2,1H3/t5-,6+,8+/m1/s1. The van der Waals surface area contributed by atoms with Gasteiger partial charge in [0.2, 0.25) is 6.29 Å². The van der Waals surface area contributed by atoms with Gasteiger partial charge in [-0.25, -0.2) is 0 Å². The highest BCUT2D eigenvalue weighted by Gasteiger charge is 2.44. The van der Waals surface area contributed by atoms with Gasteiger partial charge in [0.05, 0.1) is 11.8 Å². The van der Waals surface area contributed by atoms with Crippen molar-refractivity contribution in [2.45, 2.75) is 12.7 Å². The second kappa shape index (κ2) is 2.34. The molecule has 0 N–H and O–H groups in total. The van der Waals surface area contributed by atoms with Gasteiger partial charge >= 0.3 is 5.97 Å². The first kappa shape index (κ1) is 6.85. The van der Waals surface area contributed by atoms with E-state index in [0.29, 0.717) is 0 Å². The predicted molar refractivity (Wildman–Crippen MR) is 37.6 cm³/mol. The molecule has 2 aliphatic rings. The van der Waals surface area contributed by atoms with Crippen LogP contribution in [0.2, 0.25) is 0 Å². The molecular weight excluding hydrogens is 144 g/mol. The maximum atomic E-state index is 11.1. The fourth-order valence-corrected chi connectivity index (χ4v) is 1.69. The number of rotatable bonds is 1. The molecule has 3 nitrogen and oxygen atoms in total. The summed E-state index contributed by atoms with van der Waals surface area (Å²) in [5.74, 6) is 0.0688. The Hall–Kier alpha value is -0.830. The SMILES string of the molecule is CO[C@H]1OC(=O)[C@@H]2CC=C[C@H]12. The third-order valence-corrected chi connectivity index (χ3v) is 2.29. The van der Waals surface area contributed by atoms with Crippen molar-refractivity contribution < 1.29 is 14.3 Å². The molecule has 0 amide bonds. The van der Waals surface area contributed by atoms with Crippen LogP contribution in [0.15, 0.2) is 12.2 Å². The normalized spacial score (nSPS) is 40.8. The van der Waals surface area contributed by atoms with Crippen LogP contribution < -0.4 is 0 Å². The van der Waals surface area contributed by atoms with Gasteiger partial charge in [-0.05, 0) is 6.42 Å². The Morgan fingerprint density at radius 1 is 1.73 bits per heavy atom. The lowest BCUT2D eigenvalue weighted by Crippen LogP contribution is -2.17. The smallest absolute Gasteiger partial charge is 0.312 e. The number of esters is 1. The van der Waals surface area contributed by atoms with Crippen LogP contribution in [0.1, 0.15) is 6.42 Å². The summed E-state index contributed by atoms with van der Waals surface area (Å²) < 4.78 is 9.97. The number of methoxy groups -OCH3 is 1. The number of ether oxygens (including phenoxy) is 2. The molecule has 0 spiro atoms. The van der Waals surface area contributed by atoms with E-state index in [1.807, 2.05) is 12.2 Å². The number of cyclic esters (lactones) is 1. The molecule has 0 aromatic rings. The van der Waals surface area contributed by atoms with E-state index in [1.54, 1.807) is 7.11 Å². The van der Waals surface area contributed by atoms with Gasteiger partial charge in [-0.1, -0.05) is 12.2 Å². The third kappa shape index (κ3) is 0.878. The van der Waals surface area contributed by atoms with Crippen molar-refractivity contribution in [1.29, 1.82) is 0 Å². The Morgan fingerprint density at radius 2 is 2.55 bits per heavy atom. The summed E-state index contributed by atoms with van der Waals surface area (Å²) in [5, 5.41) is 0. The van der Waals surface area contributed by atoms with E-state index in [1.165, 1.54) is 0 Å². The molecule has 1 fully saturated rings. The van der Waals surface area contributed by atoms with Gasteiger partial charge < -0.3 is 9.47 Å². The molecule has 60 valence electrons. The highest BCUT2D eigenvalue weighted by molar-refractivity contribution is 5.76. The molecule has 0 radical (unpaired) electrons. The van der Waals surface area contributed by atoms with Crippen LogP contribution in [-0.4, -0.2) is 19.4 Å². The van der Waals surface area contributed by atoms with Crippen LogP contribution >= 0.6 is 0 Å². The number of fused-ring (bicyclic) bond motifs is 1. The van der Waals surface area contributed by atoms with E-state index in [9.17, 15) is 4.79 Å². The van der Waals surface area contributed by atoms with Crippen molar-refractivity contribution >= 4 is 5.97 Å². The molecule has 3 heteroatoms. The minimum absolute atomic E-state index is 0.0277. The molecule has 0 aromatic carbocycles. The second-order valence-corrected chi connectivity index (χ2v) is 2.89. The van der Waals surface area contributed by atoms with E-state index < -0.39 is 0 Å². The summed E-state index contributed by atoms with van der Waals surface area (Å²) in [6.07, 6.45) is 4.49. The maximum Gasteiger partial charge on any atom is 0.312 e. The lowest BCUT2D eigenvalue weighted by Gasteiger charge is -2.10. The highest BCUT2D eigenvalue weighted by Crippen LogP contribution is 2.36. The van der Waals surface area contributed by atoms with Crippen molar-refractivity contribution in [3.8, 4) is 0 Å². The largest absolute Gasteiger partial charge is 0.435 e. The summed E-state index contributed by atoms with van der Waals surface area (Å²) in [6, 6.07) is 0. The van der Waals surface area contributed by atoms with Crippen molar-refractivity contribution in [2.75, 3.05) is 7.11 Å². The number of hydrogen-bond donors (Lipinski definition) is 0. The molecule has 0 unspecified atom stereocenters. The Balaban J connectivity index is 2.18. The molecule has 0 bridgehead atoms. The Bertz CT molecular complexity index is 209. The van der Waals surface area contributed by atoms with E-state index in [4.69, 9.17) is 9.47 Å². The van der Waals surface area contributed by atoms with Crippen molar-refractivity contribution in [2.24, 2.45) is 11.8 Å². The van der Waals surface area contributed by atoms with Crippen LogP contribution in [0.3, 0.4) is 0 Å². The first-order valence-corrected chi connectivity index (χ1v) is 3.73. The molecule has 0 saturated carbocycles. The van der Waals surface area contributed by atoms with Gasteiger partial charge in [-0.15, -0.1) is 0 Å². The molecule has 3 atom stereocenters. The average Bonchev–Trinajstić information content (AvgIpc) is 2.54. The summed E-state index contributed by atoms with van der Waals surface area (Å²) in [5.41, 5.74) is 0. The van der Waals surface area contributed by atoms with Gasteiger partial charge in [-0.3, -0.25) is 4.79 Å². The van der Waals surface area contributed by atoms with Gasteiger partial charge in [0.25, 0.3) is 0 Å². The van der Waals surface area contributed by atoms with E-state index in [0.717, 1.165) is 6.42 Å². The molecule has 1 heterocycles. The topological polar surface area (TPSA) is 35.5 Å². The van der Waals surface area contributed by atoms with E-state index >= 15 is 0 Å². The zero-order valence-corrected chi connectivity index (χ0v) is 6.32. The van der Waals surface area contributed by atoms with Crippen LogP contribution in [0.4, 0.5) is 0 Å².